The van der Waals surface area contributed by atoms with Crippen molar-refractivity contribution in [1.29, 1.82) is 0 Å². The molecular formula is C22H19N3O2S. The van der Waals surface area contributed by atoms with Crippen LogP contribution in [0.2, 0.25) is 0 Å². The fourth-order valence-electron chi connectivity index (χ4n) is 2.88. The molecule has 1 amide bonds. The zero-order chi connectivity index (χ0) is 19.3. The normalized spacial score (nSPS) is 10.8. The van der Waals surface area contributed by atoms with Crippen LogP contribution in [0.25, 0.3) is 20.9 Å². The van der Waals surface area contributed by atoms with Gasteiger partial charge in [-0.1, -0.05) is 35.6 Å². The van der Waals surface area contributed by atoms with Crippen LogP contribution in [0.1, 0.15) is 12.5 Å². The van der Waals surface area contributed by atoms with Crippen LogP contribution in [-0.2, 0) is 11.2 Å². The van der Waals surface area contributed by atoms with Crippen molar-refractivity contribution in [2.75, 3.05) is 11.9 Å². The number of anilines is 1. The second-order valence-corrected chi connectivity index (χ2v) is 7.21. The van der Waals surface area contributed by atoms with Crippen LogP contribution in [0, 0.1) is 0 Å². The number of thiazole rings is 1. The highest BCUT2D eigenvalue weighted by Gasteiger charge is 2.09. The van der Waals surface area contributed by atoms with Crippen molar-refractivity contribution < 1.29 is 9.53 Å². The van der Waals surface area contributed by atoms with Crippen molar-refractivity contribution >= 4 is 33.3 Å². The summed E-state index contributed by atoms with van der Waals surface area (Å²) in [7, 11) is 0. The number of nitrogens with zero attached hydrogens (tertiary/aromatic N) is 2. The van der Waals surface area contributed by atoms with Crippen molar-refractivity contribution in [3.63, 3.8) is 0 Å². The second kappa shape index (κ2) is 8.19. The van der Waals surface area contributed by atoms with Crippen LogP contribution in [0.15, 0.2) is 66.9 Å². The van der Waals surface area contributed by atoms with E-state index in [-0.39, 0.29) is 5.91 Å². The lowest BCUT2D eigenvalue weighted by Crippen LogP contribution is -2.14. The summed E-state index contributed by atoms with van der Waals surface area (Å²) in [5.41, 5.74) is 3.53. The first-order chi connectivity index (χ1) is 13.7. The first-order valence-corrected chi connectivity index (χ1v) is 9.86. The molecular weight excluding hydrogens is 370 g/mol. The van der Waals surface area contributed by atoms with Crippen LogP contribution in [0.4, 0.5) is 5.69 Å². The maximum absolute atomic E-state index is 12.4. The summed E-state index contributed by atoms with van der Waals surface area (Å²) in [4.78, 5) is 22.3. The van der Waals surface area contributed by atoms with E-state index in [9.17, 15) is 4.79 Å². The first kappa shape index (κ1) is 18.1. The summed E-state index contributed by atoms with van der Waals surface area (Å²) >= 11 is 1.54. The summed E-state index contributed by atoms with van der Waals surface area (Å²) in [5.74, 6) is 0.747. The van der Waals surface area contributed by atoms with E-state index in [1.54, 1.807) is 6.20 Å². The molecule has 2 heterocycles. The maximum Gasteiger partial charge on any atom is 0.228 e. The molecule has 0 unspecified atom stereocenters. The Balaban J connectivity index is 1.46. The minimum atomic E-state index is -0.0627. The molecule has 0 bridgehead atoms. The quantitative estimate of drug-likeness (QED) is 0.507. The van der Waals surface area contributed by atoms with E-state index in [0.717, 1.165) is 37.9 Å². The number of benzene rings is 2. The number of pyridine rings is 1. The predicted octanol–water partition coefficient (Wildman–Crippen LogP) is 4.94. The van der Waals surface area contributed by atoms with E-state index in [1.807, 2.05) is 67.6 Å². The van der Waals surface area contributed by atoms with Crippen molar-refractivity contribution in [2.24, 2.45) is 0 Å². The Morgan fingerprint density at radius 3 is 2.75 bits per heavy atom. The topological polar surface area (TPSA) is 64.1 Å². The van der Waals surface area contributed by atoms with Gasteiger partial charge in [0.1, 0.15) is 21.1 Å². The molecule has 0 radical (unpaired) electrons. The number of rotatable bonds is 6. The number of aromatic nitrogens is 2. The molecule has 1 N–H and O–H groups in total. The van der Waals surface area contributed by atoms with Crippen molar-refractivity contribution in [3.8, 4) is 16.3 Å². The molecule has 140 valence electrons. The average molecular weight is 389 g/mol. The van der Waals surface area contributed by atoms with Gasteiger partial charge in [0.05, 0.1) is 13.0 Å². The zero-order valence-corrected chi connectivity index (χ0v) is 16.2. The van der Waals surface area contributed by atoms with Gasteiger partial charge in [0.25, 0.3) is 0 Å². The third-order valence-corrected chi connectivity index (χ3v) is 5.19. The molecule has 0 saturated carbocycles. The molecule has 0 saturated heterocycles. The standard InChI is InChI=1S/C22H19N3O2S/c1-2-27-18-10-8-15(9-11-18)13-20(26)24-17-6-3-5-16(14-17)21-25-19-7-4-12-23-22(19)28-21/h3-12,14H,2,13H2,1H3,(H,24,26). The molecule has 0 aliphatic rings. The maximum atomic E-state index is 12.4. The Bertz CT molecular complexity index is 1070. The Hall–Kier alpha value is -3.25. The number of amides is 1. The van der Waals surface area contributed by atoms with Gasteiger partial charge in [0, 0.05) is 17.4 Å². The van der Waals surface area contributed by atoms with Gasteiger partial charge in [-0.3, -0.25) is 4.79 Å². The van der Waals surface area contributed by atoms with Gasteiger partial charge >= 0.3 is 0 Å². The highest BCUT2D eigenvalue weighted by Crippen LogP contribution is 2.30. The number of nitrogens with one attached hydrogen (secondary N) is 1. The van der Waals surface area contributed by atoms with Crippen LogP contribution in [0.5, 0.6) is 5.75 Å². The molecule has 6 heteroatoms. The average Bonchev–Trinajstić information content (AvgIpc) is 3.14. The van der Waals surface area contributed by atoms with Crippen LogP contribution >= 0.6 is 11.3 Å². The molecule has 4 aromatic rings. The Kier molecular flexibility index (Phi) is 5.30. The van der Waals surface area contributed by atoms with Crippen LogP contribution < -0.4 is 10.1 Å². The van der Waals surface area contributed by atoms with Gasteiger partial charge in [0.15, 0.2) is 0 Å². The van der Waals surface area contributed by atoms with Crippen LogP contribution in [-0.4, -0.2) is 22.5 Å². The van der Waals surface area contributed by atoms with Gasteiger partial charge in [-0.25, -0.2) is 9.97 Å². The van der Waals surface area contributed by atoms with Gasteiger partial charge in [-0.15, -0.1) is 0 Å². The molecule has 2 aromatic heterocycles. The van der Waals surface area contributed by atoms with Gasteiger partial charge in [-0.05, 0) is 48.9 Å². The number of carbonyl (C=O) groups is 1. The third kappa shape index (κ3) is 4.18. The zero-order valence-electron chi connectivity index (χ0n) is 15.4. The van der Waals surface area contributed by atoms with E-state index in [1.165, 1.54) is 11.3 Å². The van der Waals surface area contributed by atoms with E-state index in [0.29, 0.717) is 13.0 Å². The summed E-state index contributed by atoms with van der Waals surface area (Å²) in [6, 6.07) is 19.1. The van der Waals surface area contributed by atoms with Crippen LogP contribution in [0.3, 0.4) is 0 Å². The lowest BCUT2D eigenvalue weighted by Gasteiger charge is -2.08. The molecule has 0 atom stereocenters. The smallest absolute Gasteiger partial charge is 0.228 e. The van der Waals surface area contributed by atoms with Gasteiger partial charge in [-0.2, -0.15) is 0 Å². The number of hydrogen-bond acceptors (Lipinski definition) is 5. The Morgan fingerprint density at radius 1 is 1.11 bits per heavy atom. The fraction of sp³-hybridized carbons (Fsp3) is 0.136. The minimum absolute atomic E-state index is 0.0627. The first-order valence-electron chi connectivity index (χ1n) is 9.05. The van der Waals surface area contributed by atoms with E-state index in [4.69, 9.17) is 4.74 Å². The summed E-state index contributed by atoms with van der Waals surface area (Å²) in [5, 5.41) is 3.85. The van der Waals surface area contributed by atoms with E-state index < -0.39 is 0 Å². The molecule has 0 aliphatic heterocycles. The van der Waals surface area contributed by atoms with Crippen molar-refractivity contribution in [3.05, 3.63) is 72.4 Å². The highest BCUT2D eigenvalue weighted by molar-refractivity contribution is 7.21. The summed E-state index contributed by atoms with van der Waals surface area (Å²) in [6.07, 6.45) is 2.07. The Labute approximate surface area is 167 Å². The largest absolute Gasteiger partial charge is 0.494 e. The third-order valence-electron chi connectivity index (χ3n) is 4.16. The molecule has 0 fully saturated rings. The van der Waals surface area contributed by atoms with Gasteiger partial charge in [0.2, 0.25) is 5.91 Å². The summed E-state index contributed by atoms with van der Waals surface area (Å²) in [6.45, 7) is 2.57. The fourth-order valence-corrected chi connectivity index (χ4v) is 3.79. The lowest BCUT2D eigenvalue weighted by molar-refractivity contribution is -0.115. The van der Waals surface area contributed by atoms with E-state index >= 15 is 0 Å². The highest BCUT2D eigenvalue weighted by atomic mass is 32.1. The minimum Gasteiger partial charge on any atom is -0.494 e. The van der Waals surface area contributed by atoms with Gasteiger partial charge < -0.3 is 10.1 Å². The molecule has 0 spiro atoms. The predicted molar refractivity (Wildman–Crippen MR) is 113 cm³/mol. The molecule has 5 nitrogen and oxygen atoms in total. The Morgan fingerprint density at radius 2 is 1.96 bits per heavy atom. The number of ether oxygens (including phenoxy) is 1. The number of fused-ring (bicyclic) bond motifs is 1. The second-order valence-electron chi connectivity index (χ2n) is 6.23. The SMILES string of the molecule is CCOc1ccc(CC(=O)Nc2cccc(-c3nc4cccnc4s3)c2)cc1. The lowest BCUT2D eigenvalue weighted by atomic mass is 10.1. The van der Waals surface area contributed by atoms with Crippen molar-refractivity contribution in [1.82, 2.24) is 9.97 Å². The molecule has 28 heavy (non-hydrogen) atoms. The molecule has 2 aromatic carbocycles. The number of carbonyl (C=O) groups excluding carboxylic acids is 1. The summed E-state index contributed by atoms with van der Waals surface area (Å²) < 4.78 is 5.43. The van der Waals surface area contributed by atoms with Crippen molar-refractivity contribution in [2.45, 2.75) is 13.3 Å². The molecule has 4 rings (SSSR count). The monoisotopic (exact) mass is 389 g/mol. The molecule has 0 aliphatic carbocycles. The number of hydrogen-bond donors (Lipinski definition) is 1. The van der Waals surface area contributed by atoms with E-state index in [2.05, 4.69) is 15.3 Å².